The molecule has 1 amide bonds. The van der Waals surface area contributed by atoms with Crippen LogP contribution < -0.4 is 9.64 Å². The Balaban J connectivity index is 1.83. The zero-order valence-electron chi connectivity index (χ0n) is 15.1. The minimum absolute atomic E-state index is 0.00130. The zero-order valence-corrected chi connectivity index (χ0v) is 15.8. The van der Waals surface area contributed by atoms with E-state index in [-0.39, 0.29) is 24.0 Å². The quantitative estimate of drug-likeness (QED) is 0.761. The Bertz CT molecular complexity index is 933. The highest BCUT2D eigenvalue weighted by atomic mass is 35.5. The number of hydrogen-bond donors (Lipinski definition) is 0. The van der Waals surface area contributed by atoms with Crippen molar-refractivity contribution in [3.63, 3.8) is 0 Å². The number of benzene rings is 2. The van der Waals surface area contributed by atoms with E-state index in [1.807, 2.05) is 42.5 Å². The van der Waals surface area contributed by atoms with Gasteiger partial charge >= 0.3 is 0 Å². The molecule has 2 aromatic rings. The Kier molecular flexibility index (Phi) is 4.75. The summed E-state index contributed by atoms with van der Waals surface area (Å²) < 4.78 is 5.21. The van der Waals surface area contributed by atoms with Crippen LogP contribution >= 0.6 is 11.6 Å². The Hall–Kier alpha value is -2.59. The number of halogens is 1. The van der Waals surface area contributed by atoms with Gasteiger partial charge in [0.2, 0.25) is 5.91 Å². The number of allylic oxidation sites excluding steroid dienone is 2. The van der Waals surface area contributed by atoms with Gasteiger partial charge in [-0.15, -0.1) is 0 Å². The molecule has 0 bridgehead atoms. The van der Waals surface area contributed by atoms with Gasteiger partial charge in [-0.2, -0.15) is 0 Å². The third kappa shape index (κ3) is 3.26. The average Bonchev–Trinajstić information content (AvgIpc) is 2.68. The number of anilines is 1. The highest BCUT2D eigenvalue weighted by molar-refractivity contribution is 6.30. The summed E-state index contributed by atoms with van der Waals surface area (Å²) in [7, 11) is 1.61. The van der Waals surface area contributed by atoms with Crippen molar-refractivity contribution in [1.82, 2.24) is 0 Å². The summed E-state index contributed by atoms with van der Waals surface area (Å²) in [6, 6.07) is 14.9. The topological polar surface area (TPSA) is 46.6 Å². The van der Waals surface area contributed by atoms with Crippen LogP contribution in [0, 0.1) is 0 Å². The van der Waals surface area contributed by atoms with Crippen molar-refractivity contribution in [2.24, 2.45) is 0 Å². The van der Waals surface area contributed by atoms with Gasteiger partial charge in [0.25, 0.3) is 0 Å². The number of amides is 1. The van der Waals surface area contributed by atoms with Crippen molar-refractivity contribution in [3.8, 4) is 5.75 Å². The molecule has 5 heteroatoms. The summed E-state index contributed by atoms with van der Waals surface area (Å²) in [5.74, 6) is 0.633. The molecule has 1 atom stereocenters. The maximum absolute atomic E-state index is 13.1. The molecule has 138 valence electrons. The van der Waals surface area contributed by atoms with E-state index in [1.54, 1.807) is 18.1 Å². The summed E-state index contributed by atoms with van der Waals surface area (Å²) in [6.45, 7) is 0. The SMILES string of the molecule is COc1ccc(N2C(=O)CC(c3cccc(Cl)c3)C3=C2CCCC3=O)cc1. The number of hydrogen-bond acceptors (Lipinski definition) is 3. The number of carbonyl (C=O) groups is 2. The second-order valence-corrected chi connectivity index (χ2v) is 7.31. The van der Waals surface area contributed by atoms with E-state index >= 15 is 0 Å². The highest BCUT2D eigenvalue weighted by Crippen LogP contribution is 2.43. The lowest BCUT2D eigenvalue weighted by molar-refractivity contribution is -0.119. The Morgan fingerprint density at radius 3 is 2.56 bits per heavy atom. The lowest BCUT2D eigenvalue weighted by Gasteiger charge is -2.38. The van der Waals surface area contributed by atoms with Crippen LogP contribution in [0.2, 0.25) is 5.02 Å². The van der Waals surface area contributed by atoms with Crippen LogP contribution in [0.25, 0.3) is 0 Å². The van der Waals surface area contributed by atoms with Crippen molar-refractivity contribution < 1.29 is 14.3 Å². The van der Waals surface area contributed by atoms with E-state index in [9.17, 15) is 9.59 Å². The molecule has 0 radical (unpaired) electrons. The third-order valence-electron chi connectivity index (χ3n) is 5.26. The van der Waals surface area contributed by atoms with Crippen LogP contribution in [-0.2, 0) is 9.59 Å². The fourth-order valence-electron chi connectivity index (χ4n) is 4.03. The molecule has 0 aromatic heterocycles. The standard InChI is InChI=1S/C22H20ClNO3/c1-27-17-10-8-16(9-11-17)24-19-6-3-7-20(25)22(19)18(13-21(24)26)14-4-2-5-15(23)12-14/h2,4-5,8-12,18H,3,6-7,13H2,1H3. The molecule has 4 nitrogen and oxygen atoms in total. The van der Waals surface area contributed by atoms with Gasteiger partial charge in [-0.05, 0) is 54.8 Å². The summed E-state index contributed by atoms with van der Waals surface area (Å²) in [5.41, 5.74) is 3.29. The first-order valence-electron chi connectivity index (χ1n) is 9.07. The molecule has 2 aliphatic rings. The normalized spacial score (nSPS) is 19.9. The number of ether oxygens (including phenoxy) is 1. The zero-order chi connectivity index (χ0) is 19.0. The maximum atomic E-state index is 13.1. The summed E-state index contributed by atoms with van der Waals surface area (Å²) in [5, 5.41) is 0.614. The van der Waals surface area contributed by atoms with Crippen molar-refractivity contribution in [2.75, 3.05) is 12.0 Å². The van der Waals surface area contributed by atoms with E-state index in [1.165, 1.54) is 0 Å². The molecular weight excluding hydrogens is 362 g/mol. The van der Waals surface area contributed by atoms with E-state index in [0.29, 0.717) is 11.4 Å². The fourth-order valence-corrected chi connectivity index (χ4v) is 4.23. The Morgan fingerprint density at radius 2 is 1.85 bits per heavy atom. The molecule has 2 aromatic carbocycles. The van der Waals surface area contributed by atoms with Crippen molar-refractivity contribution in [1.29, 1.82) is 0 Å². The van der Waals surface area contributed by atoms with Crippen LogP contribution in [0.15, 0.2) is 59.8 Å². The Morgan fingerprint density at radius 1 is 1.07 bits per heavy atom. The monoisotopic (exact) mass is 381 g/mol. The van der Waals surface area contributed by atoms with E-state index in [4.69, 9.17) is 16.3 Å². The largest absolute Gasteiger partial charge is 0.497 e. The van der Waals surface area contributed by atoms with Crippen molar-refractivity contribution in [2.45, 2.75) is 31.6 Å². The molecule has 0 saturated heterocycles. The predicted molar refractivity (Wildman–Crippen MR) is 105 cm³/mol. The highest BCUT2D eigenvalue weighted by Gasteiger charge is 2.39. The summed E-state index contributed by atoms with van der Waals surface area (Å²) >= 11 is 6.16. The van der Waals surface area contributed by atoms with Crippen LogP contribution in [0.3, 0.4) is 0 Å². The number of rotatable bonds is 3. The molecule has 0 spiro atoms. The number of carbonyl (C=O) groups excluding carboxylic acids is 2. The third-order valence-corrected chi connectivity index (χ3v) is 5.49. The maximum Gasteiger partial charge on any atom is 0.232 e. The van der Waals surface area contributed by atoms with Gasteiger partial charge in [0.05, 0.1) is 7.11 Å². The second kappa shape index (κ2) is 7.20. The first kappa shape index (κ1) is 17.8. The number of nitrogens with zero attached hydrogens (tertiary/aromatic N) is 1. The van der Waals surface area contributed by atoms with Gasteiger partial charge in [-0.1, -0.05) is 23.7 Å². The number of ketones is 1. The minimum Gasteiger partial charge on any atom is -0.497 e. The van der Waals surface area contributed by atoms with Crippen molar-refractivity contribution in [3.05, 3.63) is 70.4 Å². The van der Waals surface area contributed by atoms with Gasteiger partial charge in [0.15, 0.2) is 5.78 Å². The molecule has 1 unspecified atom stereocenters. The molecule has 1 aliphatic heterocycles. The molecule has 0 saturated carbocycles. The van der Waals surface area contributed by atoms with Crippen molar-refractivity contribution >= 4 is 29.0 Å². The molecule has 1 heterocycles. The van der Waals surface area contributed by atoms with E-state index in [2.05, 4.69) is 0 Å². The first-order valence-corrected chi connectivity index (χ1v) is 9.45. The number of Topliss-reactive ketones (excluding diaryl/α,β-unsaturated/α-hetero) is 1. The predicted octanol–water partition coefficient (Wildman–Crippen LogP) is 4.88. The van der Waals surface area contributed by atoms with Crippen LogP contribution in [0.1, 0.15) is 37.2 Å². The van der Waals surface area contributed by atoms with E-state index < -0.39 is 0 Å². The molecule has 27 heavy (non-hydrogen) atoms. The first-order chi connectivity index (χ1) is 13.1. The van der Waals surface area contributed by atoms with Crippen LogP contribution in [0.5, 0.6) is 5.75 Å². The molecule has 1 aliphatic carbocycles. The second-order valence-electron chi connectivity index (χ2n) is 6.88. The summed E-state index contributed by atoms with van der Waals surface area (Å²) in [4.78, 5) is 27.6. The fraction of sp³-hybridized carbons (Fsp3) is 0.273. The molecule has 4 rings (SSSR count). The van der Waals surface area contributed by atoms with Crippen LogP contribution in [-0.4, -0.2) is 18.8 Å². The lowest BCUT2D eigenvalue weighted by Crippen LogP contribution is -2.40. The minimum atomic E-state index is -0.228. The molecule has 0 fully saturated rings. The number of methoxy groups -OCH3 is 1. The average molecular weight is 382 g/mol. The van der Waals surface area contributed by atoms with E-state index in [0.717, 1.165) is 41.1 Å². The lowest BCUT2D eigenvalue weighted by atomic mass is 9.77. The van der Waals surface area contributed by atoms with Crippen LogP contribution in [0.4, 0.5) is 5.69 Å². The van der Waals surface area contributed by atoms with Gasteiger partial charge in [0.1, 0.15) is 5.75 Å². The van der Waals surface area contributed by atoms with Gasteiger partial charge in [0, 0.05) is 40.7 Å². The van der Waals surface area contributed by atoms with Gasteiger partial charge in [-0.3, -0.25) is 14.5 Å². The van der Waals surface area contributed by atoms with Gasteiger partial charge < -0.3 is 4.74 Å². The van der Waals surface area contributed by atoms with Gasteiger partial charge in [-0.25, -0.2) is 0 Å². The Labute approximate surface area is 163 Å². The smallest absolute Gasteiger partial charge is 0.232 e. The molecule has 0 N–H and O–H groups in total. The summed E-state index contributed by atoms with van der Waals surface area (Å²) in [6.07, 6.45) is 2.27. The molecular formula is C22H20ClNO3.